The quantitative estimate of drug-likeness (QED) is 0.575. The van der Waals surface area contributed by atoms with Gasteiger partial charge in [0, 0.05) is 30.2 Å². The zero-order valence-corrected chi connectivity index (χ0v) is 15.4. The Kier molecular flexibility index (Phi) is 5.64. The predicted molar refractivity (Wildman–Crippen MR) is 104 cm³/mol. The van der Waals surface area contributed by atoms with Gasteiger partial charge in [-0.2, -0.15) is 0 Å². The first-order chi connectivity index (χ1) is 12.5. The van der Waals surface area contributed by atoms with Crippen LogP contribution in [0.1, 0.15) is 29.6 Å². The van der Waals surface area contributed by atoms with Gasteiger partial charge in [-0.25, -0.2) is 0 Å². The smallest absolute Gasteiger partial charge is 0.270 e. The van der Waals surface area contributed by atoms with Gasteiger partial charge in [-0.05, 0) is 43.5 Å². The van der Waals surface area contributed by atoms with Gasteiger partial charge in [-0.15, -0.1) is 0 Å². The van der Waals surface area contributed by atoms with Crippen molar-refractivity contribution in [2.24, 2.45) is 0 Å². The van der Waals surface area contributed by atoms with E-state index in [1.807, 2.05) is 0 Å². The molecule has 1 aliphatic rings. The number of amides is 1. The Hall–Kier alpha value is -2.31. The molecule has 0 spiro atoms. The largest absolute Gasteiger partial charge is 0.371 e. The molecular weight excluding hydrogens is 377 g/mol. The molecule has 8 heteroatoms. The molecule has 0 bridgehead atoms. The van der Waals surface area contributed by atoms with Crippen LogP contribution < -0.4 is 10.2 Å². The summed E-state index contributed by atoms with van der Waals surface area (Å²) < 4.78 is 0. The van der Waals surface area contributed by atoms with E-state index in [1.54, 1.807) is 18.2 Å². The van der Waals surface area contributed by atoms with Gasteiger partial charge in [-0.3, -0.25) is 14.9 Å². The van der Waals surface area contributed by atoms with Gasteiger partial charge in [-0.1, -0.05) is 23.2 Å². The van der Waals surface area contributed by atoms with E-state index in [9.17, 15) is 14.9 Å². The molecule has 3 rings (SSSR count). The molecule has 0 radical (unpaired) electrons. The summed E-state index contributed by atoms with van der Waals surface area (Å²) in [4.78, 5) is 25.6. The second-order valence-electron chi connectivity index (χ2n) is 6.08. The van der Waals surface area contributed by atoms with Crippen molar-refractivity contribution in [1.29, 1.82) is 0 Å². The highest BCUT2D eigenvalue weighted by molar-refractivity contribution is 6.36. The van der Waals surface area contributed by atoms with Crippen LogP contribution in [0.25, 0.3) is 0 Å². The van der Waals surface area contributed by atoms with Crippen LogP contribution in [0.5, 0.6) is 0 Å². The molecule has 1 aliphatic heterocycles. The number of non-ortho nitro benzene ring substituents is 1. The van der Waals surface area contributed by atoms with E-state index in [0.717, 1.165) is 32.4 Å². The SMILES string of the molecule is O=C(Nc1ccc(Cl)cc1Cl)c1cc([N+](=O)[O-])ccc1N1CCCCC1. The number of nitrogens with zero attached hydrogens (tertiary/aromatic N) is 2. The number of nitro benzene ring substituents is 1. The summed E-state index contributed by atoms with van der Waals surface area (Å²) in [5.41, 5.74) is 1.22. The van der Waals surface area contributed by atoms with E-state index in [2.05, 4.69) is 10.2 Å². The van der Waals surface area contributed by atoms with Crippen LogP contribution in [0, 0.1) is 10.1 Å². The summed E-state index contributed by atoms with van der Waals surface area (Å²) in [5, 5.41) is 14.6. The molecule has 0 saturated carbocycles. The van der Waals surface area contributed by atoms with E-state index in [1.165, 1.54) is 18.2 Å². The van der Waals surface area contributed by atoms with Gasteiger partial charge in [0.05, 0.1) is 26.9 Å². The number of carbonyl (C=O) groups excluding carboxylic acids is 1. The van der Waals surface area contributed by atoms with Gasteiger partial charge in [0.25, 0.3) is 11.6 Å². The highest BCUT2D eigenvalue weighted by Gasteiger charge is 2.22. The Balaban J connectivity index is 1.95. The Morgan fingerprint density at radius 1 is 1.08 bits per heavy atom. The predicted octanol–water partition coefficient (Wildman–Crippen LogP) is 5.14. The number of benzene rings is 2. The van der Waals surface area contributed by atoms with E-state index >= 15 is 0 Å². The van der Waals surface area contributed by atoms with Gasteiger partial charge in [0.15, 0.2) is 0 Å². The molecule has 2 aromatic carbocycles. The second kappa shape index (κ2) is 7.93. The first-order valence-corrected chi connectivity index (χ1v) is 9.01. The fourth-order valence-corrected chi connectivity index (χ4v) is 3.47. The third kappa shape index (κ3) is 4.08. The lowest BCUT2D eigenvalue weighted by Crippen LogP contribution is -2.31. The number of nitrogens with one attached hydrogen (secondary N) is 1. The highest BCUT2D eigenvalue weighted by Crippen LogP contribution is 2.30. The third-order valence-electron chi connectivity index (χ3n) is 4.31. The zero-order valence-electron chi connectivity index (χ0n) is 13.9. The monoisotopic (exact) mass is 393 g/mol. The van der Waals surface area contributed by atoms with Gasteiger partial charge < -0.3 is 10.2 Å². The van der Waals surface area contributed by atoms with Crippen LogP contribution in [0.2, 0.25) is 10.0 Å². The topological polar surface area (TPSA) is 75.5 Å². The lowest BCUT2D eigenvalue weighted by molar-refractivity contribution is -0.384. The number of hydrogen-bond acceptors (Lipinski definition) is 4. The minimum Gasteiger partial charge on any atom is -0.371 e. The summed E-state index contributed by atoms with van der Waals surface area (Å²) in [6.45, 7) is 1.64. The normalized spacial score (nSPS) is 14.2. The minimum absolute atomic E-state index is 0.127. The molecule has 0 aliphatic carbocycles. The van der Waals surface area contributed by atoms with Crippen molar-refractivity contribution in [2.75, 3.05) is 23.3 Å². The van der Waals surface area contributed by atoms with Gasteiger partial charge >= 0.3 is 0 Å². The van der Waals surface area contributed by atoms with E-state index < -0.39 is 10.8 Å². The van der Waals surface area contributed by atoms with E-state index in [0.29, 0.717) is 21.4 Å². The number of hydrogen-bond donors (Lipinski definition) is 1. The highest BCUT2D eigenvalue weighted by atomic mass is 35.5. The maximum atomic E-state index is 12.8. The minimum atomic E-state index is -0.508. The molecule has 6 nitrogen and oxygen atoms in total. The number of nitro groups is 1. The van der Waals surface area contributed by atoms with Crippen LogP contribution in [0.15, 0.2) is 36.4 Å². The molecule has 1 amide bonds. The fourth-order valence-electron chi connectivity index (χ4n) is 3.01. The molecule has 0 unspecified atom stereocenters. The van der Waals surface area contributed by atoms with Crippen molar-refractivity contribution >= 4 is 46.2 Å². The van der Waals surface area contributed by atoms with Gasteiger partial charge in [0.2, 0.25) is 0 Å². The van der Waals surface area contributed by atoms with Crippen molar-refractivity contribution in [1.82, 2.24) is 0 Å². The summed E-state index contributed by atoms with van der Waals surface area (Å²) in [6, 6.07) is 9.11. The average molecular weight is 394 g/mol. The second-order valence-corrected chi connectivity index (χ2v) is 6.93. The number of rotatable bonds is 4. The number of piperidine rings is 1. The average Bonchev–Trinajstić information content (AvgIpc) is 2.64. The third-order valence-corrected chi connectivity index (χ3v) is 4.86. The summed E-state index contributed by atoms with van der Waals surface area (Å²) >= 11 is 12.0. The molecule has 1 fully saturated rings. The molecule has 1 saturated heterocycles. The molecule has 1 heterocycles. The van der Waals surface area contributed by atoms with Crippen molar-refractivity contribution in [3.63, 3.8) is 0 Å². The molecule has 136 valence electrons. The molecule has 0 aromatic heterocycles. The maximum absolute atomic E-state index is 12.8. The van der Waals surface area contributed by atoms with Crippen molar-refractivity contribution in [3.05, 3.63) is 62.1 Å². The van der Waals surface area contributed by atoms with Crippen LogP contribution in [-0.4, -0.2) is 23.9 Å². The number of carbonyl (C=O) groups is 1. The van der Waals surface area contributed by atoms with Crippen molar-refractivity contribution in [2.45, 2.75) is 19.3 Å². The maximum Gasteiger partial charge on any atom is 0.270 e. The first-order valence-electron chi connectivity index (χ1n) is 8.25. The lowest BCUT2D eigenvalue weighted by Gasteiger charge is -2.30. The molecule has 26 heavy (non-hydrogen) atoms. The van der Waals surface area contributed by atoms with E-state index in [4.69, 9.17) is 23.2 Å². The fraction of sp³-hybridized carbons (Fsp3) is 0.278. The molecular formula is C18H17Cl2N3O3. The summed E-state index contributed by atoms with van der Waals surface area (Å²) in [6.07, 6.45) is 3.20. The Morgan fingerprint density at radius 2 is 1.81 bits per heavy atom. The molecule has 2 aromatic rings. The number of anilines is 2. The standard InChI is InChI=1S/C18H17Cl2N3O3/c19-12-4-6-16(15(20)10-12)21-18(24)14-11-13(23(25)26)5-7-17(14)22-8-2-1-3-9-22/h4-7,10-11H,1-3,8-9H2,(H,21,24). The van der Waals surface area contributed by atoms with Crippen molar-refractivity contribution in [3.8, 4) is 0 Å². The lowest BCUT2D eigenvalue weighted by atomic mass is 10.1. The Bertz CT molecular complexity index is 852. The van der Waals surface area contributed by atoms with Crippen molar-refractivity contribution < 1.29 is 9.72 Å². The summed E-state index contributed by atoms with van der Waals surface area (Å²) in [5.74, 6) is -0.446. The van der Waals surface area contributed by atoms with Crippen LogP contribution in [0.4, 0.5) is 17.1 Å². The Morgan fingerprint density at radius 3 is 2.46 bits per heavy atom. The number of halogens is 2. The Labute approximate surface area is 160 Å². The summed E-state index contributed by atoms with van der Waals surface area (Å²) in [7, 11) is 0. The van der Waals surface area contributed by atoms with E-state index in [-0.39, 0.29) is 11.3 Å². The zero-order chi connectivity index (χ0) is 18.7. The van der Waals surface area contributed by atoms with Crippen LogP contribution in [-0.2, 0) is 0 Å². The van der Waals surface area contributed by atoms with Gasteiger partial charge in [0.1, 0.15) is 0 Å². The van der Waals surface area contributed by atoms with Crippen LogP contribution in [0.3, 0.4) is 0 Å². The first kappa shape index (κ1) is 18.5. The van der Waals surface area contributed by atoms with Crippen LogP contribution >= 0.6 is 23.2 Å². The molecule has 1 N–H and O–H groups in total. The molecule has 0 atom stereocenters.